The first kappa shape index (κ1) is 13.5. The van der Waals surface area contributed by atoms with Gasteiger partial charge in [-0.1, -0.05) is 0 Å². The maximum atomic E-state index is 6.05. The van der Waals surface area contributed by atoms with Crippen molar-refractivity contribution in [3.63, 3.8) is 0 Å². The zero-order chi connectivity index (χ0) is 14.3. The van der Waals surface area contributed by atoms with E-state index in [1.165, 1.54) is 25.7 Å². The summed E-state index contributed by atoms with van der Waals surface area (Å²) in [6.07, 6.45) is 5.44. The molecular formula is C14H20ClN5O. The van der Waals surface area contributed by atoms with Crippen LogP contribution in [0.25, 0.3) is 0 Å². The van der Waals surface area contributed by atoms with E-state index in [9.17, 15) is 0 Å². The molecule has 4 rings (SSSR count). The molecule has 114 valence electrons. The van der Waals surface area contributed by atoms with Crippen LogP contribution in [0.1, 0.15) is 25.7 Å². The largest absolute Gasteiger partial charge is 0.378 e. The Morgan fingerprint density at radius 2 is 1.95 bits per heavy atom. The maximum Gasteiger partial charge on any atom is 0.231 e. The average Bonchev–Trinajstić information content (AvgIpc) is 3.38. The molecule has 0 spiro atoms. The second-order valence-corrected chi connectivity index (χ2v) is 6.66. The summed E-state index contributed by atoms with van der Waals surface area (Å²) in [5, 5.41) is 3.64. The Morgan fingerprint density at radius 1 is 1.19 bits per heavy atom. The van der Waals surface area contributed by atoms with Gasteiger partial charge in [-0.25, -0.2) is 0 Å². The molecule has 0 bridgehead atoms. The summed E-state index contributed by atoms with van der Waals surface area (Å²) >= 11 is 6.05. The molecule has 2 heterocycles. The van der Waals surface area contributed by atoms with Crippen LogP contribution in [0.4, 0.5) is 11.9 Å². The van der Waals surface area contributed by atoms with E-state index in [2.05, 4.69) is 25.2 Å². The maximum absolute atomic E-state index is 6.05. The van der Waals surface area contributed by atoms with Gasteiger partial charge in [-0.15, -0.1) is 0 Å². The molecule has 1 aromatic heterocycles. The molecule has 0 amide bonds. The molecule has 1 N–H and O–H groups in total. The fraction of sp³-hybridized carbons (Fsp3) is 0.786. The van der Waals surface area contributed by atoms with Crippen molar-refractivity contribution in [1.29, 1.82) is 0 Å². The molecule has 0 radical (unpaired) electrons. The first-order chi connectivity index (χ1) is 10.3. The van der Waals surface area contributed by atoms with Gasteiger partial charge in [-0.2, -0.15) is 15.0 Å². The highest BCUT2D eigenvalue weighted by Crippen LogP contribution is 2.61. The third-order valence-electron chi connectivity index (χ3n) is 4.82. The van der Waals surface area contributed by atoms with Gasteiger partial charge < -0.3 is 15.0 Å². The van der Waals surface area contributed by atoms with Crippen molar-refractivity contribution < 1.29 is 4.74 Å². The standard InChI is InChI=1S/C14H20ClN5O/c15-11-17-12(16-9-14(3-4-14)10-1-2-10)19-13(18-11)20-5-7-21-8-6-20/h10H,1-9H2,(H,16,17,18,19). The van der Waals surface area contributed by atoms with Crippen LogP contribution in [0.2, 0.25) is 5.28 Å². The molecule has 1 saturated heterocycles. The molecule has 2 aliphatic carbocycles. The molecule has 1 aromatic rings. The molecule has 0 atom stereocenters. The van der Waals surface area contributed by atoms with Crippen LogP contribution in [0.5, 0.6) is 0 Å². The van der Waals surface area contributed by atoms with Gasteiger partial charge in [0.25, 0.3) is 0 Å². The highest BCUT2D eigenvalue weighted by Gasteiger charge is 2.53. The zero-order valence-corrected chi connectivity index (χ0v) is 12.8. The van der Waals surface area contributed by atoms with Gasteiger partial charge in [0.15, 0.2) is 0 Å². The minimum atomic E-state index is 0.255. The number of hydrogen-bond acceptors (Lipinski definition) is 6. The number of morpholine rings is 1. The van der Waals surface area contributed by atoms with Crippen LogP contribution in [0.3, 0.4) is 0 Å². The lowest BCUT2D eigenvalue weighted by molar-refractivity contribution is 0.122. The lowest BCUT2D eigenvalue weighted by atomic mass is 10.0. The molecule has 3 fully saturated rings. The number of ether oxygens (including phenoxy) is 1. The first-order valence-electron chi connectivity index (χ1n) is 7.73. The number of anilines is 2. The highest BCUT2D eigenvalue weighted by molar-refractivity contribution is 6.28. The number of hydrogen-bond donors (Lipinski definition) is 1. The second kappa shape index (κ2) is 5.25. The fourth-order valence-corrected chi connectivity index (χ4v) is 3.32. The summed E-state index contributed by atoms with van der Waals surface area (Å²) < 4.78 is 5.35. The van der Waals surface area contributed by atoms with Crippen LogP contribution >= 0.6 is 11.6 Å². The Labute approximate surface area is 129 Å². The SMILES string of the molecule is Clc1nc(NCC2(C3CC3)CC2)nc(N2CCOCC2)n1. The van der Waals surface area contributed by atoms with E-state index in [-0.39, 0.29) is 5.28 Å². The van der Waals surface area contributed by atoms with E-state index in [1.807, 2.05) is 0 Å². The molecule has 0 unspecified atom stereocenters. The highest BCUT2D eigenvalue weighted by atomic mass is 35.5. The molecule has 2 saturated carbocycles. The molecule has 7 heteroatoms. The zero-order valence-electron chi connectivity index (χ0n) is 12.0. The van der Waals surface area contributed by atoms with Crippen LogP contribution in [-0.2, 0) is 4.74 Å². The van der Waals surface area contributed by atoms with Gasteiger partial charge in [0.2, 0.25) is 17.2 Å². The predicted octanol–water partition coefficient (Wildman–Crippen LogP) is 1.96. The van der Waals surface area contributed by atoms with Gasteiger partial charge in [0, 0.05) is 19.6 Å². The molecule has 3 aliphatic rings. The van der Waals surface area contributed by atoms with E-state index >= 15 is 0 Å². The lowest BCUT2D eigenvalue weighted by Gasteiger charge is -2.27. The fourth-order valence-electron chi connectivity index (χ4n) is 3.16. The number of nitrogens with zero attached hydrogens (tertiary/aromatic N) is 4. The summed E-state index contributed by atoms with van der Waals surface area (Å²) in [4.78, 5) is 15.1. The van der Waals surface area contributed by atoms with Gasteiger partial charge in [-0.05, 0) is 48.6 Å². The Bertz CT molecular complexity index is 526. The Hall–Kier alpha value is -1.14. The van der Waals surface area contributed by atoms with E-state index in [4.69, 9.17) is 16.3 Å². The van der Waals surface area contributed by atoms with Crippen molar-refractivity contribution in [3.8, 4) is 0 Å². The summed E-state index contributed by atoms with van der Waals surface area (Å²) in [5.41, 5.74) is 0.512. The van der Waals surface area contributed by atoms with Crippen molar-refractivity contribution in [3.05, 3.63) is 5.28 Å². The van der Waals surface area contributed by atoms with E-state index in [0.717, 1.165) is 25.6 Å². The number of rotatable bonds is 5. The smallest absolute Gasteiger partial charge is 0.231 e. The van der Waals surface area contributed by atoms with Crippen LogP contribution in [-0.4, -0.2) is 47.8 Å². The Balaban J connectivity index is 1.45. The van der Waals surface area contributed by atoms with Crippen molar-refractivity contribution >= 4 is 23.5 Å². The minimum absolute atomic E-state index is 0.255. The van der Waals surface area contributed by atoms with Crippen molar-refractivity contribution in [2.24, 2.45) is 11.3 Å². The van der Waals surface area contributed by atoms with Crippen LogP contribution in [0, 0.1) is 11.3 Å². The van der Waals surface area contributed by atoms with Gasteiger partial charge in [0.05, 0.1) is 13.2 Å². The molecule has 21 heavy (non-hydrogen) atoms. The van der Waals surface area contributed by atoms with E-state index in [0.29, 0.717) is 30.5 Å². The molecule has 1 aliphatic heterocycles. The summed E-state index contributed by atoms with van der Waals surface area (Å²) in [6, 6.07) is 0. The van der Waals surface area contributed by atoms with Gasteiger partial charge in [0.1, 0.15) is 0 Å². The average molecular weight is 310 g/mol. The lowest BCUT2D eigenvalue weighted by Crippen LogP contribution is -2.37. The summed E-state index contributed by atoms with van der Waals surface area (Å²) in [6.45, 7) is 3.96. The molecular weight excluding hydrogens is 290 g/mol. The molecule has 0 aromatic carbocycles. The van der Waals surface area contributed by atoms with Crippen molar-refractivity contribution in [2.45, 2.75) is 25.7 Å². The van der Waals surface area contributed by atoms with Gasteiger partial charge >= 0.3 is 0 Å². The summed E-state index contributed by atoms with van der Waals surface area (Å²) in [5.74, 6) is 2.17. The van der Waals surface area contributed by atoms with Gasteiger partial charge in [-0.3, -0.25) is 0 Å². The third kappa shape index (κ3) is 2.92. The quantitative estimate of drug-likeness (QED) is 0.897. The first-order valence-corrected chi connectivity index (χ1v) is 8.11. The Kier molecular flexibility index (Phi) is 3.38. The number of aromatic nitrogens is 3. The predicted molar refractivity (Wildman–Crippen MR) is 80.7 cm³/mol. The topological polar surface area (TPSA) is 63.2 Å². The summed E-state index contributed by atoms with van der Waals surface area (Å²) in [7, 11) is 0. The normalized spacial score (nSPS) is 24.0. The number of nitrogens with one attached hydrogen (secondary N) is 1. The Morgan fingerprint density at radius 3 is 2.62 bits per heavy atom. The van der Waals surface area contributed by atoms with Crippen LogP contribution < -0.4 is 10.2 Å². The van der Waals surface area contributed by atoms with Crippen LogP contribution in [0.15, 0.2) is 0 Å². The second-order valence-electron chi connectivity index (χ2n) is 6.32. The molecule has 6 nitrogen and oxygen atoms in total. The monoisotopic (exact) mass is 309 g/mol. The third-order valence-corrected chi connectivity index (χ3v) is 4.99. The van der Waals surface area contributed by atoms with E-state index < -0.39 is 0 Å². The minimum Gasteiger partial charge on any atom is -0.378 e. The van der Waals surface area contributed by atoms with Crippen molar-refractivity contribution in [1.82, 2.24) is 15.0 Å². The van der Waals surface area contributed by atoms with E-state index in [1.54, 1.807) is 0 Å². The van der Waals surface area contributed by atoms with Crippen molar-refractivity contribution in [2.75, 3.05) is 43.1 Å². The number of halogens is 1.